The van der Waals surface area contributed by atoms with Gasteiger partial charge in [0.15, 0.2) is 0 Å². The Labute approximate surface area is 115 Å². The van der Waals surface area contributed by atoms with Gasteiger partial charge in [0.2, 0.25) is 0 Å². The van der Waals surface area contributed by atoms with E-state index in [2.05, 4.69) is 14.5 Å². The third-order valence-corrected chi connectivity index (χ3v) is 3.58. The van der Waals surface area contributed by atoms with Gasteiger partial charge in [0.1, 0.15) is 5.82 Å². The molecule has 0 saturated heterocycles. The summed E-state index contributed by atoms with van der Waals surface area (Å²) in [4.78, 5) is 17.3. The molecule has 0 bridgehead atoms. The molecule has 1 aromatic heterocycles. The summed E-state index contributed by atoms with van der Waals surface area (Å²) < 4.78 is 2.11. The molecule has 0 atom stereocenters. The number of benzene rings is 1. The monoisotopic (exact) mass is 277 g/mol. The minimum Gasteiger partial charge on any atom is -0.478 e. The number of nitrogens with zero attached hydrogens (tertiary/aromatic N) is 3. The maximum Gasteiger partial charge on any atom is 0.335 e. The van der Waals surface area contributed by atoms with E-state index >= 15 is 0 Å². The zero-order valence-electron chi connectivity index (χ0n) is 10.1. The van der Waals surface area contributed by atoms with Crippen molar-refractivity contribution in [2.24, 2.45) is 0 Å². The Morgan fingerprint density at radius 3 is 2.95 bits per heavy atom. The highest BCUT2D eigenvalue weighted by atomic mass is 35.5. The Kier molecular flexibility index (Phi) is 2.91. The van der Waals surface area contributed by atoms with Gasteiger partial charge in [-0.1, -0.05) is 11.6 Å². The number of aromatic carboxylic acids is 1. The highest BCUT2D eigenvalue weighted by Crippen LogP contribution is 2.29. The van der Waals surface area contributed by atoms with Gasteiger partial charge in [-0.2, -0.15) is 0 Å². The Hall–Kier alpha value is -2.01. The fourth-order valence-corrected chi connectivity index (χ4v) is 2.58. The zero-order valence-corrected chi connectivity index (χ0v) is 10.8. The smallest absolute Gasteiger partial charge is 0.335 e. The molecule has 0 aliphatic carbocycles. The number of carboxylic acid groups (broad SMARTS) is 1. The number of hydrogen-bond acceptors (Lipinski definition) is 3. The standard InChI is InChI=1S/C13H12ClN3O2/c14-10-7-9(13(18)19)1-2-11(10)17-6-5-16-4-3-15-12(16)8-17/h1-4,7H,5-6,8H2,(H,18,19). The van der Waals surface area contributed by atoms with Gasteiger partial charge in [0, 0.05) is 25.5 Å². The molecule has 0 fully saturated rings. The molecule has 3 rings (SSSR count). The van der Waals surface area contributed by atoms with Crippen molar-refractivity contribution in [1.29, 1.82) is 0 Å². The molecule has 0 radical (unpaired) electrons. The second-order valence-corrected chi connectivity index (χ2v) is 4.84. The molecule has 1 aromatic carbocycles. The van der Waals surface area contributed by atoms with Crippen molar-refractivity contribution in [1.82, 2.24) is 9.55 Å². The van der Waals surface area contributed by atoms with Crippen LogP contribution in [0, 0.1) is 0 Å². The molecule has 0 saturated carbocycles. The summed E-state index contributed by atoms with van der Waals surface area (Å²) in [7, 11) is 0. The Morgan fingerprint density at radius 1 is 1.37 bits per heavy atom. The first-order chi connectivity index (χ1) is 9.15. The first-order valence-corrected chi connectivity index (χ1v) is 6.31. The van der Waals surface area contributed by atoms with Crippen LogP contribution in [0.15, 0.2) is 30.6 Å². The van der Waals surface area contributed by atoms with Crippen LogP contribution in [0.4, 0.5) is 5.69 Å². The fourth-order valence-electron chi connectivity index (χ4n) is 2.28. The van der Waals surface area contributed by atoms with E-state index < -0.39 is 5.97 Å². The molecule has 1 aliphatic rings. The van der Waals surface area contributed by atoms with Gasteiger partial charge in [0.25, 0.3) is 0 Å². The third kappa shape index (κ3) is 2.17. The lowest BCUT2D eigenvalue weighted by molar-refractivity contribution is 0.0697. The number of anilines is 1. The summed E-state index contributed by atoms with van der Waals surface area (Å²) in [5.41, 5.74) is 1.05. The Bertz CT molecular complexity index is 639. The van der Waals surface area contributed by atoms with Gasteiger partial charge in [-0.15, -0.1) is 0 Å². The fraction of sp³-hybridized carbons (Fsp3) is 0.231. The maximum atomic E-state index is 10.9. The van der Waals surface area contributed by atoms with Crippen molar-refractivity contribution < 1.29 is 9.90 Å². The summed E-state index contributed by atoms with van der Waals surface area (Å²) in [5, 5.41) is 9.39. The van der Waals surface area contributed by atoms with Crippen LogP contribution in [0.3, 0.4) is 0 Å². The number of carboxylic acids is 1. The van der Waals surface area contributed by atoms with E-state index in [-0.39, 0.29) is 5.56 Å². The topological polar surface area (TPSA) is 58.4 Å². The molecule has 5 nitrogen and oxygen atoms in total. The molecular weight excluding hydrogens is 266 g/mol. The normalized spacial score (nSPS) is 14.3. The molecule has 6 heteroatoms. The van der Waals surface area contributed by atoms with Crippen molar-refractivity contribution in [2.75, 3.05) is 11.4 Å². The van der Waals surface area contributed by atoms with Gasteiger partial charge in [-0.05, 0) is 18.2 Å². The van der Waals surface area contributed by atoms with E-state index in [1.54, 1.807) is 18.3 Å². The van der Waals surface area contributed by atoms with Gasteiger partial charge < -0.3 is 14.6 Å². The van der Waals surface area contributed by atoms with Gasteiger partial charge in [-0.3, -0.25) is 0 Å². The van der Waals surface area contributed by atoms with Gasteiger partial charge in [0.05, 0.1) is 22.8 Å². The average Bonchev–Trinajstić information content (AvgIpc) is 2.85. The number of carbonyl (C=O) groups is 1. The van der Waals surface area contributed by atoms with Crippen molar-refractivity contribution >= 4 is 23.3 Å². The molecule has 1 aliphatic heterocycles. The second kappa shape index (κ2) is 4.59. The second-order valence-electron chi connectivity index (χ2n) is 4.43. The van der Waals surface area contributed by atoms with Gasteiger partial charge in [-0.25, -0.2) is 9.78 Å². The minimum atomic E-state index is -0.970. The van der Waals surface area contributed by atoms with E-state index in [0.29, 0.717) is 11.6 Å². The lowest BCUT2D eigenvalue weighted by atomic mass is 10.2. The highest BCUT2D eigenvalue weighted by Gasteiger charge is 2.19. The summed E-state index contributed by atoms with van der Waals surface area (Å²) in [5.74, 6) is 0.0206. The van der Waals surface area contributed by atoms with E-state index in [1.165, 1.54) is 6.07 Å². The maximum absolute atomic E-state index is 10.9. The lowest BCUT2D eigenvalue weighted by Gasteiger charge is -2.30. The number of aromatic nitrogens is 2. The number of rotatable bonds is 2. The summed E-state index contributed by atoms with van der Waals surface area (Å²) in [6.45, 7) is 2.36. The number of fused-ring (bicyclic) bond motifs is 1. The molecule has 0 spiro atoms. The van der Waals surface area contributed by atoms with Crippen LogP contribution in [-0.4, -0.2) is 27.2 Å². The summed E-state index contributed by atoms with van der Waals surface area (Å²) in [6, 6.07) is 4.81. The molecule has 19 heavy (non-hydrogen) atoms. The van der Waals surface area contributed by atoms with Crippen molar-refractivity contribution in [3.05, 3.63) is 47.0 Å². The highest BCUT2D eigenvalue weighted by molar-refractivity contribution is 6.33. The quantitative estimate of drug-likeness (QED) is 0.915. The predicted molar refractivity (Wildman–Crippen MR) is 71.7 cm³/mol. The number of halogens is 1. The van der Waals surface area contributed by atoms with Gasteiger partial charge >= 0.3 is 5.97 Å². The third-order valence-electron chi connectivity index (χ3n) is 3.28. The summed E-state index contributed by atoms with van der Waals surface area (Å²) in [6.07, 6.45) is 3.75. The van der Waals surface area contributed by atoms with Crippen LogP contribution in [0.25, 0.3) is 0 Å². The average molecular weight is 278 g/mol. The van der Waals surface area contributed by atoms with E-state index in [1.807, 2.05) is 6.20 Å². The summed E-state index contributed by atoms with van der Waals surface area (Å²) >= 11 is 6.18. The molecule has 0 amide bonds. The van der Waals surface area contributed by atoms with Crippen LogP contribution >= 0.6 is 11.6 Å². The molecule has 98 valence electrons. The molecule has 2 aromatic rings. The minimum absolute atomic E-state index is 0.201. The number of hydrogen-bond donors (Lipinski definition) is 1. The van der Waals surface area contributed by atoms with Crippen molar-refractivity contribution in [2.45, 2.75) is 13.1 Å². The first kappa shape index (κ1) is 12.0. The Morgan fingerprint density at radius 2 is 2.21 bits per heavy atom. The zero-order chi connectivity index (χ0) is 13.4. The molecule has 1 N–H and O–H groups in total. The van der Waals surface area contributed by atoms with Crippen LogP contribution in [0.5, 0.6) is 0 Å². The van der Waals surface area contributed by atoms with E-state index in [9.17, 15) is 4.79 Å². The van der Waals surface area contributed by atoms with Crippen LogP contribution < -0.4 is 4.90 Å². The Balaban J connectivity index is 1.90. The molecule has 0 unspecified atom stereocenters. The first-order valence-electron chi connectivity index (χ1n) is 5.93. The van der Waals surface area contributed by atoms with E-state index in [4.69, 9.17) is 16.7 Å². The van der Waals surface area contributed by atoms with Crippen molar-refractivity contribution in [3.63, 3.8) is 0 Å². The van der Waals surface area contributed by atoms with E-state index in [0.717, 1.165) is 24.6 Å². The SMILES string of the molecule is O=C(O)c1ccc(N2CCn3ccnc3C2)c(Cl)c1. The lowest BCUT2D eigenvalue weighted by Crippen LogP contribution is -2.33. The van der Waals surface area contributed by atoms with Crippen LogP contribution in [0.2, 0.25) is 5.02 Å². The van der Waals surface area contributed by atoms with Crippen LogP contribution in [0.1, 0.15) is 16.2 Å². The molecular formula is C13H12ClN3O2. The number of imidazole rings is 1. The molecule has 2 heterocycles. The predicted octanol–water partition coefficient (Wildman–Crippen LogP) is 2.25. The van der Waals surface area contributed by atoms with Crippen LogP contribution in [-0.2, 0) is 13.1 Å². The largest absolute Gasteiger partial charge is 0.478 e. The van der Waals surface area contributed by atoms with Crippen molar-refractivity contribution in [3.8, 4) is 0 Å².